The smallest absolute Gasteiger partial charge is 0.249 e. The zero-order chi connectivity index (χ0) is 17.2. The molecule has 4 nitrogen and oxygen atoms in total. The van der Waals surface area contributed by atoms with Crippen molar-refractivity contribution >= 4 is 34.8 Å². The van der Waals surface area contributed by atoms with Crippen molar-refractivity contribution in [3.8, 4) is 0 Å². The summed E-state index contributed by atoms with van der Waals surface area (Å²) in [6.45, 7) is 4.79. The number of carbonyl (C=O) groups excluding carboxylic acids is 1. The lowest BCUT2D eigenvalue weighted by Crippen LogP contribution is -2.37. The predicted octanol–water partition coefficient (Wildman–Crippen LogP) is 3.38. The van der Waals surface area contributed by atoms with E-state index < -0.39 is 9.75 Å². The highest BCUT2D eigenvalue weighted by atomic mass is 35.5. The van der Waals surface area contributed by atoms with Crippen molar-refractivity contribution < 1.29 is 4.79 Å². The van der Waals surface area contributed by atoms with Crippen LogP contribution in [0.2, 0.25) is 0 Å². The normalized spacial score (nSPS) is 26.0. The van der Waals surface area contributed by atoms with Gasteiger partial charge in [-0.3, -0.25) is 4.79 Å². The van der Waals surface area contributed by atoms with E-state index in [-0.39, 0.29) is 5.91 Å². The van der Waals surface area contributed by atoms with Gasteiger partial charge in [-0.25, -0.2) is 5.43 Å². The van der Waals surface area contributed by atoms with E-state index in [1.165, 1.54) is 5.56 Å². The molecule has 0 spiro atoms. The number of halogens is 2. The van der Waals surface area contributed by atoms with E-state index >= 15 is 0 Å². The Bertz CT molecular complexity index is 622. The molecule has 1 aliphatic heterocycles. The maximum absolute atomic E-state index is 12.1. The number of amides is 1. The predicted molar refractivity (Wildman–Crippen MR) is 98.6 cm³/mol. The molecule has 1 aromatic rings. The van der Waals surface area contributed by atoms with Gasteiger partial charge in [0.2, 0.25) is 5.91 Å². The highest BCUT2D eigenvalue weighted by Gasteiger charge is 2.68. The summed E-state index contributed by atoms with van der Waals surface area (Å²) in [5.74, 6) is -0.188. The van der Waals surface area contributed by atoms with Gasteiger partial charge in [-0.1, -0.05) is 30.3 Å². The van der Waals surface area contributed by atoms with Gasteiger partial charge in [0.05, 0.1) is 5.41 Å². The van der Waals surface area contributed by atoms with Crippen molar-refractivity contribution in [2.45, 2.75) is 36.9 Å². The largest absolute Gasteiger partial charge is 0.302 e. The number of carbonyl (C=O) groups is 1. The molecule has 1 aliphatic carbocycles. The first-order valence-electron chi connectivity index (χ1n) is 8.41. The second-order valence-electron chi connectivity index (χ2n) is 6.91. The first-order chi connectivity index (χ1) is 11.4. The molecule has 2 fully saturated rings. The number of hydrazone groups is 1. The highest BCUT2D eigenvalue weighted by Crippen LogP contribution is 2.63. The van der Waals surface area contributed by atoms with Crippen molar-refractivity contribution in [1.82, 2.24) is 10.3 Å². The molecular formula is C18H23Cl2N3O. The molecule has 0 radical (unpaired) electrons. The van der Waals surface area contributed by atoms with Crippen molar-refractivity contribution in [3.05, 3.63) is 35.9 Å². The summed E-state index contributed by atoms with van der Waals surface area (Å²) in [6.07, 6.45) is 3.32. The molecule has 1 atom stereocenters. The summed E-state index contributed by atoms with van der Waals surface area (Å²) >= 11 is 12.0. The van der Waals surface area contributed by atoms with Crippen LogP contribution in [-0.4, -0.2) is 40.5 Å². The van der Waals surface area contributed by atoms with E-state index in [0.29, 0.717) is 6.42 Å². The molecule has 2 aliphatic rings. The Balaban J connectivity index is 1.41. The van der Waals surface area contributed by atoms with Crippen molar-refractivity contribution in [2.24, 2.45) is 10.5 Å². The average Bonchev–Trinajstić information content (AvgIpc) is 3.12. The molecule has 1 aromatic carbocycles. The Morgan fingerprint density at radius 2 is 1.88 bits per heavy atom. The van der Waals surface area contributed by atoms with E-state index in [9.17, 15) is 4.79 Å². The standard InChI is InChI=1S/C18H23Cl2N3O/c1-17(13-18(17,19)20)16(24)22-21-15-8-11-23(12-9-15)10-7-14-5-3-2-4-6-14/h2-6H,7-13H2,1H3,(H,22,24)/t17-/m0/s1. The number of hydrogen-bond donors (Lipinski definition) is 1. The zero-order valence-electron chi connectivity index (χ0n) is 13.9. The van der Waals surface area contributed by atoms with Crippen LogP contribution >= 0.6 is 23.2 Å². The quantitative estimate of drug-likeness (QED) is 0.640. The summed E-state index contributed by atoms with van der Waals surface area (Å²) in [4.78, 5) is 14.6. The van der Waals surface area contributed by atoms with Gasteiger partial charge in [0.15, 0.2) is 0 Å². The Morgan fingerprint density at radius 1 is 1.25 bits per heavy atom. The fraction of sp³-hybridized carbons (Fsp3) is 0.556. The Kier molecular flexibility index (Phi) is 5.19. The molecule has 3 rings (SSSR count). The molecular weight excluding hydrogens is 345 g/mol. The molecule has 1 saturated carbocycles. The third-order valence-electron chi connectivity index (χ3n) is 5.07. The minimum Gasteiger partial charge on any atom is -0.302 e. The van der Waals surface area contributed by atoms with Gasteiger partial charge in [0.1, 0.15) is 4.33 Å². The number of rotatable bonds is 5. The van der Waals surface area contributed by atoms with Crippen LogP contribution in [0.1, 0.15) is 31.7 Å². The van der Waals surface area contributed by atoms with Crippen LogP contribution < -0.4 is 5.43 Å². The number of hydrogen-bond acceptors (Lipinski definition) is 3. The molecule has 24 heavy (non-hydrogen) atoms. The summed E-state index contributed by atoms with van der Waals surface area (Å²) in [5, 5.41) is 4.28. The van der Waals surface area contributed by atoms with Crippen molar-refractivity contribution in [1.29, 1.82) is 0 Å². The molecule has 0 bridgehead atoms. The minimum absolute atomic E-state index is 0.188. The first-order valence-corrected chi connectivity index (χ1v) is 9.16. The number of likely N-dealkylation sites (tertiary alicyclic amines) is 1. The van der Waals surface area contributed by atoms with Crippen LogP contribution in [0.3, 0.4) is 0 Å². The SMILES string of the molecule is C[C@@]1(C(=O)NN=C2CCN(CCc3ccccc3)CC2)CC1(Cl)Cl. The highest BCUT2D eigenvalue weighted by molar-refractivity contribution is 6.53. The Hall–Kier alpha value is -1.10. The van der Waals surface area contributed by atoms with Gasteiger partial charge >= 0.3 is 0 Å². The van der Waals surface area contributed by atoms with Crippen LogP contribution in [0.25, 0.3) is 0 Å². The number of nitrogens with one attached hydrogen (secondary N) is 1. The number of nitrogens with zero attached hydrogens (tertiary/aromatic N) is 2. The second kappa shape index (κ2) is 7.03. The molecule has 1 heterocycles. The van der Waals surface area contributed by atoms with Gasteiger partial charge in [0.25, 0.3) is 0 Å². The summed E-state index contributed by atoms with van der Waals surface area (Å²) in [7, 11) is 0. The lowest BCUT2D eigenvalue weighted by molar-refractivity contribution is -0.125. The van der Waals surface area contributed by atoms with E-state index in [0.717, 1.165) is 44.6 Å². The Labute approximate surface area is 153 Å². The summed E-state index contributed by atoms with van der Waals surface area (Å²) in [5.41, 5.74) is 4.34. The van der Waals surface area contributed by atoms with E-state index in [1.807, 2.05) is 6.07 Å². The molecule has 1 saturated heterocycles. The topological polar surface area (TPSA) is 44.7 Å². The van der Waals surface area contributed by atoms with E-state index in [2.05, 4.69) is 39.7 Å². The number of alkyl halides is 2. The minimum atomic E-state index is -0.946. The summed E-state index contributed by atoms with van der Waals surface area (Å²) in [6, 6.07) is 10.5. The fourth-order valence-electron chi connectivity index (χ4n) is 2.98. The van der Waals surface area contributed by atoms with Crippen LogP contribution in [0.4, 0.5) is 0 Å². The second-order valence-corrected chi connectivity index (χ2v) is 8.39. The maximum Gasteiger partial charge on any atom is 0.249 e. The zero-order valence-corrected chi connectivity index (χ0v) is 15.4. The van der Waals surface area contributed by atoms with Gasteiger partial charge < -0.3 is 4.90 Å². The molecule has 1 N–H and O–H groups in total. The summed E-state index contributed by atoms with van der Waals surface area (Å²) < 4.78 is -0.946. The fourth-order valence-corrected chi connectivity index (χ4v) is 3.68. The lowest BCUT2D eigenvalue weighted by atomic mass is 10.1. The molecule has 1 amide bonds. The average molecular weight is 368 g/mol. The monoisotopic (exact) mass is 367 g/mol. The van der Waals surface area contributed by atoms with Gasteiger partial charge in [-0.05, 0) is 25.3 Å². The maximum atomic E-state index is 12.1. The molecule has 0 aromatic heterocycles. The third kappa shape index (κ3) is 3.93. The van der Waals surface area contributed by atoms with Crippen LogP contribution in [0, 0.1) is 5.41 Å². The first kappa shape index (κ1) is 17.7. The van der Waals surface area contributed by atoms with E-state index in [4.69, 9.17) is 23.2 Å². The van der Waals surface area contributed by atoms with Crippen molar-refractivity contribution in [2.75, 3.05) is 19.6 Å². The molecule has 0 unspecified atom stereocenters. The van der Waals surface area contributed by atoms with Gasteiger partial charge in [-0.15, -0.1) is 23.2 Å². The third-order valence-corrected chi connectivity index (χ3v) is 6.17. The van der Waals surface area contributed by atoms with Crippen LogP contribution in [0.5, 0.6) is 0 Å². The van der Waals surface area contributed by atoms with E-state index in [1.54, 1.807) is 6.92 Å². The van der Waals surface area contributed by atoms with Crippen LogP contribution in [0.15, 0.2) is 35.4 Å². The number of piperidine rings is 1. The lowest BCUT2D eigenvalue weighted by Gasteiger charge is -2.27. The Morgan fingerprint density at radius 3 is 2.46 bits per heavy atom. The molecule has 130 valence electrons. The molecule has 6 heteroatoms. The van der Waals surface area contributed by atoms with Gasteiger partial charge in [-0.2, -0.15) is 5.10 Å². The van der Waals surface area contributed by atoms with Crippen molar-refractivity contribution in [3.63, 3.8) is 0 Å². The van der Waals surface area contributed by atoms with Gasteiger partial charge in [0, 0.05) is 38.2 Å². The number of benzene rings is 1. The van der Waals surface area contributed by atoms with Crippen LogP contribution in [-0.2, 0) is 11.2 Å².